The Morgan fingerprint density at radius 3 is 2.64 bits per heavy atom. The van der Waals surface area contributed by atoms with Crippen molar-refractivity contribution in [1.29, 1.82) is 0 Å². The molecule has 0 aromatic rings. The van der Waals surface area contributed by atoms with Gasteiger partial charge in [0.05, 0.1) is 6.33 Å². The van der Waals surface area contributed by atoms with Crippen LogP contribution in [0.3, 0.4) is 0 Å². The molecule has 0 radical (unpaired) electrons. The summed E-state index contributed by atoms with van der Waals surface area (Å²) in [5, 5.41) is 0. The molecule has 0 bridgehead atoms. The first-order valence-corrected chi connectivity index (χ1v) is 4.68. The zero-order chi connectivity index (χ0) is 10.8. The molecular formula is C10H16FNO2. The lowest BCUT2D eigenvalue weighted by atomic mass is 10.2. The molecule has 0 aromatic heterocycles. The standard InChI is InChI=1S/C10H16FNO2/c1-10(2,3)14-9(13)12-5-4-8(6-11)7-12/h6H,4-5,7H2,1-3H3/b8-6-. The van der Waals surface area contributed by atoms with Crippen LogP contribution in [0.5, 0.6) is 0 Å². The number of likely N-dealkylation sites (tertiary alicyclic amines) is 1. The van der Waals surface area contributed by atoms with Crippen molar-refractivity contribution < 1.29 is 13.9 Å². The zero-order valence-corrected chi connectivity index (χ0v) is 8.84. The highest BCUT2D eigenvalue weighted by molar-refractivity contribution is 5.69. The Kier molecular flexibility index (Phi) is 3.13. The molecule has 0 unspecified atom stereocenters. The first-order chi connectivity index (χ1) is 6.42. The molecule has 0 atom stereocenters. The fourth-order valence-electron chi connectivity index (χ4n) is 1.25. The van der Waals surface area contributed by atoms with E-state index in [4.69, 9.17) is 4.74 Å². The van der Waals surface area contributed by atoms with Gasteiger partial charge in [0, 0.05) is 13.1 Å². The molecule has 14 heavy (non-hydrogen) atoms. The van der Waals surface area contributed by atoms with Crippen molar-refractivity contribution >= 4 is 6.09 Å². The Morgan fingerprint density at radius 1 is 1.57 bits per heavy atom. The number of rotatable bonds is 0. The molecule has 0 aliphatic carbocycles. The van der Waals surface area contributed by atoms with E-state index in [2.05, 4.69) is 0 Å². The third-order valence-electron chi connectivity index (χ3n) is 1.90. The average molecular weight is 201 g/mol. The number of hydrogen-bond acceptors (Lipinski definition) is 2. The van der Waals surface area contributed by atoms with Crippen molar-refractivity contribution in [2.24, 2.45) is 0 Å². The van der Waals surface area contributed by atoms with Crippen LogP contribution in [0.15, 0.2) is 11.9 Å². The van der Waals surface area contributed by atoms with Crippen molar-refractivity contribution in [3.8, 4) is 0 Å². The molecule has 1 heterocycles. The summed E-state index contributed by atoms with van der Waals surface area (Å²) in [5.41, 5.74) is 0.162. The Balaban J connectivity index is 2.48. The molecule has 0 saturated carbocycles. The second-order valence-electron chi connectivity index (χ2n) is 4.42. The molecule has 0 N–H and O–H groups in total. The maximum Gasteiger partial charge on any atom is 0.410 e. The van der Waals surface area contributed by atoms with Crippen molar-refractivity contribution in [3.05, 3.63) is 11.9 Å². The van der Waals surface area contributed by atoms with Crippen LogP contribution in [-0.4, -0.2) is 29.7 Å². The highest BCUT2D eigenvalue weighted by Crippen LogP contribution is 2.18. The van der Waals surface area contributed by atoms with Gasteiger partial charge >= 0.3 is 6.09 Å². The second kappa shape index (κ2) is 3.98. The van der Waals surface area contributed by atoms with E-state index in [9.17, 15) is 9.18 Å². The summed E-state index contributed by atoms with van der Waals surface area (Å²) >= 11 is 0. The first kappa shape index (κ1) is 11.0. The summed E-state index contributed by atoms with van der Waals surface area (Å²) in [6.45, 7) is 6.34. The van der Waals surface area contributed by atoms with Crippen molar-refractivity contribution in [2.75, 3.05) is 13.1 Å². The normalized spacial score (nSPS) is 20.3. The first-order valence-electron chi connectivity index (χ1n) is 4.68. The van der Waals surface area contributed by atoms with Crippen LogP contribution in [0, 0.1) is 0 Å². The summed E-state index contributed by atoms with van der Waals surface area (Å²) in [5.74, 6) is 0. The topological polar surface area (TPSA) is 29.5 Å². The van der Waals surface area contributed by atoms with E-state index in [0.29, 0.717) is 31.4 Å². The number of halogens is 1. The van der Waals surface area contributed by atoms with Crippen LogP contribution in [0.1, 0.15) is 27.2 Å². The highest BCUT2D eigenvalue weighted by atomic mass is 19.1. The van der Waals surface area contributed by atoms with Gasteiger partial charge in [0.25, 0.3) is 0 Å². The number of nitrogens with zero attached hydrogens (tertiary/aromatic N) is 1. The number of ether oxygens (including phenoxy) is 1. The second-order valence-corrected chi connectivity index (χ2v) is 4.42. The number of hydrogen-bond donors (Lipinski definition) is 0. The molecule has 3 nitrogen and oxygen atoms in total. The molecule has 80 valence electrons. The lowest BCUT2D eigenvalue weighted by Crippen LogP contribution is -2.34. The lowest BCUT2D eigenvalue weighted by Gasteiger charge is -2.23. The maximum absolute atomic E-state index is 12.1. The molecule has 1 saturated heterocycles. The Labute approximate surface area is 83.5 Å². The molecule has 1 aliphatic rings. The van der Waals surface area contributed by atoms with Gasteiger partial charge in [0.15, 0.2) is 0 Å². The van der Waals surface area contributed by atoms with Gasteiger partial charge < -0.3 is 9.64 Å². The smallest absolute Gasteiger partial charge is 0.410 e. The molecule has 1 rings (SSSR count). The van der Waals surface area contributed by atoms with E-state index >= 15 is 0 Å². The Bertz CT molecular complexity index is 255. The summed E-state index contributed by atoms with van der Waals surface area (Å²) < 4.78 is 17.3. The molecular weight excluding hydrogens is 185 g/mol. The van der Waals surface area contributed by atoms with E-state index < -0.39 is 5.60 Å². The molecule has 4 heteroatoms. The third-order valence-corrected chi connectivity index (χ3v) is 1.90. The predicted molar refractivity (Wildman–Crippen MR) is 51.6 cm³/mol. The van der Waals surface area contributed by atoms with Gasteiger partial charge in [-0.15, -0.1) is 0 Å². The van der Waals surface area contributed by atoms with Gasteiger partial charge in [-0.3, -0.25) is 0 Å². The summed E-state index contributed by atoms with van der Waals surface area (Å²) in [6, 6.07) is 0. The maximum atomic E-state index is 12.1. The minimum absolute atomic E-state index is 0.353. The molecule has 1 amide bonds. The molecule has 1 fully saturated rings. The molecule has 1 aliphatic heterocycles. The third kappa shape index (κ3) is 3.01. The summed E-state index contributed by atoms with van der Waals surface area (Å²) in [7, 11) is 0. The van der Waals surface area contributed by atoms with E-state index in [-0.39, 0.29) is 6.09 Å². The van der Waals surface area contributed by atoms with Crippen molar-refractivity contribution in [3.63, 3.8) is 0 Å². The van der Waals surface area contributed by atoms with Crippen LogP contribution in [0.4, 0.5) is 9.18 Å². The van der Waals surface area contributed by atoms with Crippen LogP contribution >= 0.6 is 0 Å². The van der Waals surface area contributed by atoms with Gasteiger partial charge in [-0.2, -0.15) is 0 Å². The average Bonchev–Trinajstić information content (AvgIpc) is 2.48. The van der Waals surface area contributed by atoms with E-state index in [1.807, 2.05) is 20.8 Å². The lowest BCUT2D eigenvalue weighted by molar-refractivity contribution is 0.0299. The number of carbonyl (C=O) groups excluding carboxylic acids is 1. The van der Waals surface area contributed by atoms with Crippen LogP contribution in [0.2, 0.25) is 0 Å². The zero-order valence-electron chi connectivity index (χ0n) is 8.84. The fraction of sp³-hybridized carbons (Fsp3) is 0.700. The highest BCUT2D eigenvalue weighted by Gasteiger charge is 2.26. The van der Waals surface area contributed by atoms with E-state index in [1.54, 1.807) is 0 Å². The van der Waals surface area contributed by atoms with Crippen molar-refractivity contribution in [1.82, 2.24) is 4.90 Å². The summed E-state index contributed by atoms with van der Waals surface area (Å²) in [6.07, 6.45) is 0.814. The summed E-state index contributed by atoms with van der Waals surface area (Å²) in [4.78, 5) is 13.0. The molecule has 0 aromatic carbocycles. The SMILES string of the molecule is CC(C)(C)OC(=O)N1CC/C(=C/F)C1. The number of amides is 1. The van der Waals surface area contributed by atoms with Crippen LogP contribution in [-0.2, 0) is 4.74 Å². The van der Waals surface area contributed by atoms with Crippen LogP contribution < -0.4 is 0 Å². The van der Waals surface area contributed by atoms with Gasteiger partial charge in [0.1, 0.15) is 5.60 Å². The van der Waals surface area contributed by atoms with E-state index in [1.165, 1.54) is 4.90 Å². The molecule has 0 spiro atoms. The van der Waals surface area contributed by atoms with Gasteiger partial charge in [0.2, 0.25) is 0 Å². The minimum atomic E-state index is -0.487. The monoisotopic (exact) mass is 201 g/mol. The van der Waals surface area contributed by atoms with Gasteiger partial charge in [-0.25, -0.2) is 9.18 Å². The Morgan fingerprint density at radius 2 is 2.21 bits per heavy atom. The fourth-order valence-corrected chi connectivity index (χ4v) is 1.25. The number of carbonyl (C=O) groups is 1. The van der Waals surface area contributed by atoms with E-state index in [0.717, 1.165) is 0 Å². The predicted octanol–water partition coefficient (Wildman–Crippen LogP) is 2.48. The van der Waals surface area contributed by atoms with Gasteiger partial charge in [-0.05, 0) is 32.8 Å². The largest absolute Gasteiger partial charge is 0.444 e. The van der Waals surface area contributed by atoms with Gasteiger partial charge in [-0.1, -0.05) is 0 Å². The van der Waals surface area contributed by atoms with Crippen LogP contribution in [0.25, 0.3) is 0 Å². The Hall–Kier alpha value is -1.06. The minimum Gasteiger partial charge on any atom is -0.444 e. The van der Waals surface area contributed by atoms with Crippen molar-refractivity contribution in [2.45, 2.75) is 32.8 Å². The quantitative estimate of drug-likeness (QED) is 0.602.